The van der Waals surface area contributed by atoms with Crippen molar-refractivity contribution in [3.05, 3.63) is 24.5 Å². The number of fused-ring (bicyclic) bond motifs is 1. The van der Waals surface area contributed by atoms with E-state index in [-0.39, 0.29) is 0 Å². The molecule has 2 aromatic heterocycles. The molecule has 5 nitrogen and oxygen atoms in total. The minimum absolute atomic E-state index is 0.411. The molecule has 0 aliphatic carbocycles. The van der Waals surface area contributed by atoms with Crippen LogP contribution in [-0.2, 0) is 0 Å². The van der Waals surface area contributed by atoms with Crippen LogP contribution in [0.3, 0.4) is 0 Å². The lowest BCUT2D eigenvalue weighted by Crippen LogP contribution is -2.21. The molecule has 0 bridgehead atoms. The molecule has 1 N–H and O–H groups in total. The molecule has 0 fully saturated rings. The number of anilines is 1. The summed E-state index contributed by atoms with van der Waals surface area (Å²) in [5.41, 5.74) is 0.957. The molecule has 0 saturated carbocycles. The van der Waals surface area contributed by atoms with E-state index in [1.807, 2.05) is 16.8 Å². The summed E-state index contributed by atoms with van der Waals surface area (Å²) < 4.78 is 1.95. The monoisotopic (exact) mass is 215 g/mol. The van der Waals surface area contributed by atoms with Crippen LogP contribution in [0.15, 0.2) is 24.5 Å². The second kappa shape index (κ2) is 3.59. The quantitative estimate of drug-likeness (QED) is 0.787. The molecule has 1 atom stereocenters. The van der Waals surface area contributed by atoms with E-state index < -0.39 is 0 Å². The lowest BCUT2D eigenvalue weighted by atomic mass is 10.2. The van der Waals surface area contributed by atoms with Crippen LogP contribution < -0.4 is 5.32 Å². The van der Waals surface area contributed by atoms with Gasteiger partial charge in [0, 0.05) is 24.5 Å². The average molecular weight is 215 g/mol. The zero-order valence-electron chi connectivity index (χ0n) is 9.09. The normalized spacial score (nSPS) is 18.9. The fourth-order valence-corrected chi connectivity index (χ4v) is 1.88. The van der Waals surface area contributed by atoms with Crippen LogP contribution in [0.2, 0.25) is 0 Å². The number of nitrogens with zero attached hydrogens (tertiary/aromatic N) is 4. The summed E-state index contributed by atoms with van der Waals surface area (Å²) in [5.74, 6) is 1.60. The summed E-state index contributed by atoms with van der Waals surface area (Å²) in [7, 11) is 0. The van der Waals surface area contributed by atoms with Crippen LogP contribution in [0.25, 0.3) is 11.4 Å². The Morgan fingerprint density at radius 3 is 3.19 bits per heavy atom. The lowest BCUT2D eigenvalue weighted by Gasteiger charge is -2.20. The molecular formula is C11H13N5. The Kier molecular flexibility index (Phi) is 2.09. The van der Waals surface area contributed by atoms with Crippen LogP contribution in [-0.4, -0.2) is 26.3 Å². The highest BCUT2D eigenvalue weighted by Gasteiger charge is 2.19. The summed E-state index contributed by atoms with van der Waals surface area (Å²) in [6.45, 7) is 3.12. The number of hydrogen-bond acceptors (Lipinski definition) is 4. The van der Waals surface area contributed by atoms with Crippen molar-refractivity contribution >= 4 is 5.95 Å². The van der Waals surface area contributed by atoms with Gasteiger partial charge in [-0.3, -0.25) is 4.98 Å². The Balaban J connectivity index is 2.05. The number of aromatic nitrogens is 4. The van der Waals surface area contributed by atoms with Gasteiger partial charge in [-0.25, -0.2) is 4.68 Å². The van der Waals surface area contributed by atoms with Gasteiger partial charge in [0.15, 0.2) is 5.82 Å². The molecule has 0 aromatic carbocycles. The molecule has 3 rings (SSSR count). The largest absolute Gasteiger partial charge is 0.354 e. The summed E-state index contributed by atoms with van der Waals surface area (Å²) in [6.07, 6.45) is 4.62. The van der Waals surface area contributed by atoms with Crippen molar-refractivity contribution in [3.8, 4) is 11.4 Å². The zero-order chi connectivity index (χ0) is 11.0. The van der Waals surface area contributed by atoms with Crippen LogP contribution in [0.1, 0.15) is 19.4 Å². The smallest absolute Gasteiger partial charge is 0.221 e. The van der Waals surface area contributed by atoms with E-state index in [2.05, 4.69) is 27.3 Å². The number of nitrogens with one attached hydrogen (secondary N) is 1. The minimum Gasteiger partial charge on any atom is -0.354 e. The first kappa shape index (κ1) is 9.33. The second-order valence-electron chi connectivity index (χ2n) is 4.01. The third kappa shape index (κ3) is 1.44. The minimum atomic E-state index is 0.411. The van der Waals surface area contributed by atoms with E-state index in [1.165, 1.54) is 0 Å². The van der Waals surface area contributed by atoms with Crippen LogP contribution >= 0.6 is 0 Å². The zero-order valence-corrected chi connectivity index (χ0v) is 9.09. The first-order chi connectivity index (χ1) is 7.84. The van der Waals surface area contributed by atoms with E-state index in [0.29, 0.717) is 6.04 Å². The molecule has 0 saturated heterocycles. The van der Waals surface area contributed by atoms with E-state index in [0.717, 1.165) is 30.3 Å². The highest BCUT2D eigenvalue weighted by atomic mass is 15.4. The molecule has 3 heterocycles. The maximum atomic E-state index is 4.51. The summed E-state index contributed by atoms with van der Waals surface area (Å²) in [5, 5.41) is 7.76. The van der Waals surface area contributed by atoms with E-state index >= 15 is 0 Å². The van der Waals surface area contributed by atoms with Crippen molar-refractivity contribution in [2.75, 3.05) is 11.9 Å². The molecule has 5 heteroatoms. The second-order valence-corrected chi connectivity index (χ2v) is 4.01. The molecule has 16 heavy (non-hydrogen) atoms. The highest BCUT2D eigenvalue weighted by Crippen LogP contribution is 2.24. The van der Waals surface area contributed by atoms with Gasteiger partial charge in [0.2, 0.25) is 5.95 Å². The molecule has 0 amide bonds. The van der Waals surface area contributed by atoms with Crippen molar-refractivity contribution in [1.82, 2.24) is 19.7 Å². The Labute approximate surface area is 93.5 Å². The molecule has 0 radical (unpaired) electrons. The van der Waals surface area contributed by atoms with Crippen molar-refractivity contribution in [1.29, 1.82) is 0 Å². The van der Waals surface area contributed by atoms with Crippen molar-refractivity contribution in [3.63, 3.8) is 0 Å². The Morgan fingerprint density at radius 2 is 2.44 bits per heavy atom. The third-order valence-corrected chi connectivity index (χ3v) is 2.81. The van der Waals surface area contributed by atoms with Gasteiger partial charge < -0.3 is 5.32 Å². The van der Waals surface area contributed by atoms with Gasteiger partial charge in [0.05, 0.1) is 6.04 Å². The van der Waals surface area contributed by atoms with Gasteiger partial charge in [-0.15, -0.1) is 5.10 Å². The number of pyridine rings is 1. The standard InChI is InChI=1S/C11H13N5/c1-8-4-6-13-11-14-10(15-16(8)11)9-3-2-5-12-7-9/h2-3,5,7-8H,4,6H2,1H3,(H,13,14,15). The van der Waals surface area contributed by atoms with Gasteiger partial charge >= 0.3 is 0 Å². The average Bonchev–Trinajstić information content (AvgIpc) is 2.76. The maximum Gasteiger partial charge on any atom is 0.221 e. The SMILES string of the molecule is CC1CCNc2nc(-c3cccnc3)nn21. The predicted molar refractivity (Wildman–Crippen MR) is 61.1 cm³/mol. The number of hydrogen-bond donors (Lipinski definition) is 1. The topological polar surface area (TPSA) is 55.6 Å². The predicted octanol–water partition coefficient (Wildman–Crippen LogP) is 1.72. The fourth-order valence-electron chi connectivity index (χ4n) is 1.88. The van der Waals surface area contributed by atoms with Gasteiger partial charge in [0.1, 0.15) is 0 Å². The lowest BCUT2D eigenvalue weighted by molar-refractivity contribution is 0.452. The molecular weight excluding hydrogens is 202 g/mol. The third-order valence-electron chi connectivity index (χ3n) is 2.81. The Bertz CT molecular complexity index is 490. The van der Waals surface area contributed by atoms with E-state index in [1.54, 1.807) is 12.4 Å². The van der Waals surface area contributed by atoms with Crippen molar-refractivity contribution < 1.29 is 0 Å². The Morgan fingerprint density at radius 1 is 1.50 bits per heavy atom. The van der Waals surface area contributed by atoms with Crippen LogP contribution in [0.4, 0.5) is 5.95 Å². The van der Waals surface area contributed by atoms with Crippen LogP contribution in [0.5, 0.6) is 0 Å². The maximum absolute atomic E-state index is 4.51. The van der Waals surface area contributed by atoms with Gasteiger partial charge in [-0.2, -0.15) is 4.98 Å². The van der Waals surface area contributed by atoms with Crippen LogP contribution in [0, 0.1) is 0 Å². The van der Waals surface area contributed by atoms with Gasteiger partial charge in [0.25, 0.3) is 0 Å². The highest BCUT2D eigenvalue weighted by molar-refractivity contribution is 5.54. The first-order valence-corrected chi connectivity index (χ1v) is 5.45. The fraction of sp³-hybridized carbons (Fsp3) is 0.364. The summed E-state index contributed by atoms with van der Waals surface area (Å²) in [6, 6.07) is 4.28. The van der Waals surface area contributed by atoms with Gasteiger partial charge in [-0.05, 0) is 25.5 Å². The molecule has 1 unspecified atom stereocenters. The summed E-state index contributed by atoms with van der Waals surface area (Å²) >= 11 is 0. The number of rotatable bonds is 1. The molecule has 1 aliphatic heterocycles. The summed E-state index contributed by atoms with van der Waals surface area (Å²) in [4.78, 5) is 8.55. The first-order valence-electron chi connectivity index (χ1n) is 5.45. The molecule has 0 spiro atoms. The molecule has 2 aromatic rings. The molecule has 82 valence electrons. The van der Waals surface area contributed by atoms with E-state index in [4.69, 9.17) is 0 Å². The van der Waals surface area contributed by atoms with Gasteiger partial charge in [-0.1, -0.05) is 0 Å². The van der Waals surface area contributed by atoms with Crippen molar-refractivity contribution in [2.45, 2.75) is 19.4 Å². The van der Waals surface area contributed by atoms with E-state index in [9.17, 15) is 0 Å². The Hall–Kier alpha value is -1.91. The molecule has 1 aliphatic rings. The van der Waals surface area contributed by atoms with Crippen molar-refractivity contribution in [2.24, 2.45) is 0 Å².